The molecule has 13 heteroatoms. The minimum Gasteiger partial charge on any atom is -0.487 e. The number of hydrogen-bond acceptors (Lipinski definition) is 13. The van der Waals surface area contributed by atoms with Crippen LogP contribution in [0.25, 0.3) is 100 Å². The molecule has 1 aliphatic rings. The average Bonchev–Trinajstić information content (AvgIpc) is 4.46. The van der Waals surface area contributed by atoms with Crippen LogP contribution in [0.1, 0.15) is 66.7 Å². The molecule has 0 saturated carbocycles. The lowest BCUT2D eigenvalue weighted by molar-refractivity contribution is 0.112. The van der Waals surface area contributed by atoms with E-state index in [0.717, 1.165) is 50.3 Å². The average molecular weight is 1160 g/mol. The summed E-state index contributed by atoms with van der Waals surface area (Å²) in [5.41, 5.74) is 9.59. The Morgan fingerprint density at radius 1 is 0.455 bits per heavy atom. The highest BCUT2D eigenvalue weighted by Gasteiger charge is 2.21. The number of aryl methyl sites for hydroxylation is 2. The second-order valence-electron chi connectivity index (χ2n) is 19.6. The van der Waals surface area contributed by atoms with Gasteiger partial charge in [-0.05, 0) is 103 Å². The van der Waals surface area contributed by atoms with Gasteiger partial charge in [-0.25, -0.2) is 0 Å². The Morgan fingerprint density at radius 3 is 1.19 bits per heavy atom. The van der Waals surface area contributed by atoms with Crippen molar-refractivity contribution in [2.75, 3.05) is 20.3 Å². The van der Waals surface area contributed by atoms with Gasteiger partial charge in [0.2, 0.25) is 0 Å². The van der Waals surface area contributed by atoms with E-state index in [-0.39, 0.29) is 0 Å². The number of methoxy groups -OCH3 is 1. The molecule has 0 amide bonds. The van der Waals surface area contributed by atoms with Gasteiger partial charge in [-0.2, -0.15) is 0 Å². The molecule has 14 aromatic rings. The van der Waals surface area contributed by atoms with Crippen molar-refractivity contribution in [3.8, 4) is 27.3 Å². The van der Waals surface area contributed by atoms with E-state index in [1.54, 1.807) is 63.8 Å². The first-order valence-corrected chi connectivity index (χ1v) is 32.0. The molecule has 77 heavy (non-hydrogen) atoms. The number of carbonyl (C=O) groups excluding carboxylic acids is 1. The Morgan fingerprint density at radius 2 is 0.818 bits per heavy atom. The van der Waals surface area contributed by atoms with Crippen molar-refractivity contribution in [1.82, 2.24) is 0 Å². The maximum atomic E-state index is 11.3. The number of benzene rings is 6. The zero-order chi connectivity index (χ0) is 52.3. The first-order valence-electron chi connectivity index (χ1n) is 25.5. The van der Waals surface area contributed by atoms with Crippen molar-refractivity contribution < 1.29 is 24.5 Å². The van der Waals surface area contributed by atoms with E-state index in [1.165, 1.54) is 124 Å². The van der Waals surface area contributed by atoms with Crippen molar-refractivity contribution in [3.63, 3.8) is 0 Å². The first kappa shape index (κ1) is 50.8. The zero-order valence-corrected chi connectivity index (χ0v) is 48.7. The molecule has 8 aromatic heterocycles. The number of fused-ring (bicyclic) bond motifs is 12. The lowest BCUT2D eigenvalue weighted by atomic mass is 10.0. The van der Waals surface area contributed by atoms with Crippen molar-refractivity contribution in [3.05, 3.63) is 182 Å². The molecular formula is C64H50O5S8. The van der Waals surface area contributed by atoms with Gasteiger partial charge in [0, 0.05) is 96.3 Å². The van der Waals surface area contributed by atoms with E-state index in [0.29, 0.717) is 12.8 Å². The zero-order valence-electron chi connectivity index (χ0n) is 42.2. The lowest BCUT2D eigenvalue weighted by Gasteiger charge is -2.10. The van der Waals surface area contributed by atoms with Crippen molar-refractivity contribution >= 4 is 175 Å². The topological polar surface area (TPSA) is 76.0 Å². The van der Waals surface area contributed by atoms with E-state index < -0.39 is 12.2 Å². The Bertz CT molecular complexity index is 4230. The van der Waals surface area contributed by atoms with Gasteiger partial charge >= 0.3 is 0 Å². The highest BCUT2D eigenvalue weighted by atomic mass is 32.1. The summed E-state index contributed by atoms with van der Waals surface area (Å²) in [7, 11) is 1.72. The second-order valence-corrected chi connectivity index (χ2v) is 28.2. The number of rotatable bonds is 10. The van der Waals surface area contributed by atoms with Crippen LogP contribution in [0.2, 0.25) is 0 Å². The fourth-order valence-corrected chi connectivity index (χ4v) is 19.8. The molecule has 1 aliphatic heterocycles. The molecule has 2 N–H and O–H groups in total. The highest BCUT2D eigenvalue weighted by molar-refractivity contribution is 7.36. The van der Waals surface area contributed by atoms with E-state index in [1.807, 2.05) is 40.1 Å². The Kier molecular flexibility index (Phi) is 14.2. The number of aldehydes is 1. The van der Waals surface area contributed by atoms with E-state index in [4.69, 9.17) is 9.47 Å². The van der Waals surface area contributed by atoms with Crippen LogP contribution in [0.3, 0.4) is 0 Å². The Hall–Kier alpha value is -5.65. The third-order valence-electron chi connectivity index (χ3n) is 14.2. The molecule has 0 spiro atoms. The van der Waals surface area contributed by atoms with E-state index in [9.17, 15) is 15.0 Å². The fraction of sp³-hybridized carbons (Fsp3) is 0.172. The summed E-state index contributed by atoms with van der Waals surface area (Å²) >= 11 is 13.9. The lowest BCUT2D eigenvalue weighted by Crippen LogP contribution is -1.99. The predicted molar refractivity (Wildman–Crippen MR) is 338 cm³/mol. The summed E-state index contributed by atoms with van der Waals surface area (Å²) in [4.78, 5) is 13.8. The molecule has 6 aromatic carbocycles. The van der Waals surface area contributed by atoms with Crippen LogP contribution in [0, 0.1) is 13.8 Å². The molecule has 0 aliphatic carbocycles. The van der Waals surface area contributed by atoms with E-state index >= 15 is 0 Å². The summed E-state index contributed by atoms with van der Waals surface area (Å²) in [5.74, 6) is 0. The molecule has 5 nitrogen and oxygen atoms in total. The summed E-state index contributed by atoms with van der Waals surface area (Å²) < 4.78 is 25.5. The van der Waals surface area contributed by atoms with Gasteiger partial charge in [-0.1, -0.05) is 120 Å². The van der Waals surface area contributed by atoms with Crippen LogP contribution in [0.15, 0.2) is 146 Å². The second kappa shape index (κ2) is 21.5. The molecule has 15 rings (SSSR count). The number of aliphatic hydroxyl groups is 2. The molecule has 0 radical (unpaired) electrons. The van der Waals surface area contributed by atoms with Gasteiger partial charge in [-0.15, -0.1) is 79.4 Å². The molecule has 9 heterocycles. The van der Waals surface area contributed by atoms with Crippen LogP contribution in [-0.4, -0.2) is 36.8 Å². The highest BCUT2D eigenvalue weighted by Crippen LogP contribution is 2.49. The molecular weight excluding hydrogens is 1110 g/mol. The van der Waals surface area contributed by atoms with Crippen LogP contribution < -0.4 is 4.74 Å². The summed E-state index contributed by atoms with van der Waals surface area (Å²) in [6.45, 7) is 6.21. The van der Waals surface area contributed by atoms with Crippen LogP contribution in [0.5, 0.6) is 5.06 Å². The maximum Gasteiger partial charge on any atom is 0.175 e. The van der Waals surface area contributed by atoms with Gasteiger partial charge in [0.05, 0.1) is 47.7 Å². The number of carbonyl (C=O) groups is 1. The first-order chi connectivity index (χ1) is 37.6. The molecule has 384 valence electrons. The predicted octanol–water partition coefficient (Wildman–Crippen LogP) is 20.2. The van der Waals surface area contributed by atoms with Gasteiger partial charge in [-0.3, -0.25) is 4.79 Å². The largest absolute Gasteiger partial charge is 0.487 e. The molecule has 1 saturated heterocycles. The normalized spacial score (nSPS) is 13.6. The third kappa shape index (κ3) is 10.2. The molecule has 1 fully saturated rings. The third-order valence-corrected chi connectivity index (χ3v) is 23.9. The van der Waals surface area contributed by atoms with Gasteiger partial charge in [0.25, 0.3) is 0 Å². The van der Waals surface area contributed by atoms with Crippen molar-refractivity contribution in [2.24, 2.45) is 0 Å². The smallest absolute Gasteiger partial charge is 0.175 e. The number of ether oxygens (including phenoxy) is 2. The maximum absolute atomic E-state index is 11.3. The van der Waals surface area contributed by atoms with Crippen LogP contribution >= 0.6 is 90.7 Å². The van der Waals surface area contributed by atoms with Gasteiger partial charge in [0.15, 0.2) is 11.3 Å². The SMILES string of the molecule is C1CCOC1.COc1cc2sc3cc4c(cc3c2s1)sc1cc(C=O)sc14.Cc1ccc(-c2ccc(CC(O)c3cc4sc5cc6c(cc5c4s3)sc3cc(C(O)Cc4ccc(-c5ccc(C)cc5)cc4)sc36)cc2)cc1. The van der Waals surface area contributed by atoms with Crippen molar-refractivity contribution in [2.45, 2.75) is 51.7 Å². The minimum absolute atomic E-state index is 0.536. The van der Waals surface area contributed by atoms with Crippen LogP contribution in [0.4, 0.5) is 0 Å². The van der Waals surface area contributed by atoms with Gasteiger partial charge in [0.1, 0.15) is 0 Å². The summed E-state index contributed by atoms with van der Waals surface area (Å²) in [5, 5.41) is 28.6. The summed E-state index contributed by atoms with van der Waals surface area (Å²) in [6.07, 6.45) is 3.62. The number of thiophene rings is 8. The molecule has 2 unspecified atom stereocenters. The van der Waals surface area contributed by atoms with Crippen molar-refractivity contribution in [1.29, 1.82) is 0 Å². The van der Waals surface area contributed by atoms with E-state index in [2.05, 4.69) is 153 Å². The number of hydrogen-bond donors (Lipinski definition) is 2. The standard InChI is InChI=1S/C44H34O2S4.C16H8O2S4.C4H8O/c1-25-3-11-29(12-4-25)31-15-7-27(8-16-31)19-35(45)39-23-41-43(49-39)33-21-38-34(22-37(33)47-41)44-42(48-38)24-40(50-44)36(46)20-28-9-17-32(18-10-28)30-13-5-26(2)6-14-30;1-18-14-5-13-16(22-14)9-4-10-8(3-11(9)21-13)15-12(20-10)2-7(6-17)19-15;1-2-4-5-3-1/h3-18,21-24,35-36,45-46H,19-20H2,1-2H3;2-6H,1H3;1-4H2. The fourth-order valence-electron chi connectivity index (χ4n) is 10.0. The molecule has 2 atom stereocenters. The quantitative estimate of drug-likeness (QED) is 0.133. The van der Waals surface area contributed by atoms with Crippen LogP contribution in [-0.2, 0) is 17.6 Å². The Labute approximate surface area is 477 Å². The van der Waals surface area contributed by atoms with Gasteiger partial charge < -0.3 is 19.7 Å². The number of aliphatic hydroxyl groups excluding tert-OH is 2. The molecule has 0 bridgehead atoms. The Balaban J connectivity index is 0.000000171. The minimum atomic E-state index is -0.536. The summed E-state index contributed by atoms with van der Waals surface area (Å²) in [6, 6.07) is 52.1. The monoisotopic (exact) mass is 1150 g/mol.